The van der Waals surface area contributed by atoms with Crippen molar-refractivity contribution in [3.05, 3.63) is 34.3 Å². The van der Waals surface area contributed by atoms with Crippen LogP contribution >= 0.6 is 11.3 Å². The lowest BCUT2D eigenvalue weighted by Crippen LogP contribution is -2.21. The van der Waals surface area contributed by atoms with Crippen molar-refractivity contribution in [2.75, 3.05) is 7.11 Å². The molecule has 0 aliphatic heterocycles. The van der Waals surface area contributed by atoms with E-state index in [9.17, 15) is 0 Å². The molecule has 0 saturated heterocycles. The van der Waals surface area contributed by atoms with Crippen LogP contribution in [-0.4, -0.2) is 18.1 Å². The molecule has 1 heterocycles. The number of nitrogens with zero attached hydrogens (tertiary/aromatic N) is 1. The molecular weight excluding hydrogens is 280 g/mol. The number of aromatic nitrogens is 1. The van der Waals surface area contributed by atoms with Gasteiger partial charge in [0, 0.05) is 17.5 Å². The number of methoxy groups -OCH3 is 1. The summed E-state index contributed by atoms with van der Waals surface area (Å²) < 4.78 is 5.51. The summed E-state index contributed by atoms with van der Waals surface area (Å²) in [5.41, 5.74) is 3.47. The van der Waals surface area contributed by atoms with Crippen LogP contribution in [0, 0.1) is 6.92 Å². The summed E-state index contributed by atoms with van der Waals surface area (Å²) in [6.07, 6.45) is 0.958. The van der Waals surface area contributed by atoms with Crippen LogP contribution in [0.1, 0.15) is 36.9 Å². The Bertz CT molecular complexity index is 605. The van der Waals surface area contributed by atoms with Gasteiger partial charge in [-0.2, -0.15) is 0 Å². The SMILES string of the molecule is CCc1nc(-c2ccc(C)cc2OC)sc1CNC(C)C. The van der Waals surface area contributed by atoms with Crippen molar-refractivity contribution >= 4 is 11.3 Å². The quantitative estimate of drug-likeness (QED) is 0.869. The van der Waals surface area contributed by atoms with Crippen LogP contribution in [0.4, 0.5) is 0 Å². The van der Waals surface area contributed by atoms with E-state index in [4.69, 9.17) is 9.72 Å². The van der Waals surface area contributed by atoms with Gasteiger partial charge in [0.05, 0.1) is 18.4 Å². The van der Waals surface area contributed by atoms with Gasteiger partial charge < -0.3 is 10.1 Å². The molecule has 1 N–H and O–H groups in total. The Hall–Kier alpha value is -1.39. The number of thiazole rings is 1. The van der Waals surface area contributed by atoms with Crippen molar-refractivity contribution in [3.8, 4) is 16.3 Å². The van der Waals surface area contributed by atoms with Gasteiger partial charge in [0.15, 0.2) is 0 Å². The second-order valence-electron chi connectivity index (χ2n) is 5.48. The number of aryl methyl sites for hydroxylation is 2. The van der Waals surface area contributed by atoms with Gasteiger partial charge in [-0.15, -0.1) is 11.3 Å². The first-order chi connectivity index (χ1) is 10.0. The summed E-state index contributed by atoms with van der Waals surface area (Å²) >= 11 is 1.76. The fourth-order valence-electron chi connectivity index (χ4n) is 2.18. The molecular formula is C17H24N2OS. The predicted octanol–water partition coefficient (Wildman–Crippen LogP) is 4.19. The fraction of sp³-hybridized carbons (Fsp3) is 0.471. The number of hydrogen-bond donors (Lipinski definition) is 1. The Morgan fingerprint density at radius 1 is 1.33 bits per heavy atom. The third-order valence-electron chi connectivity index (χ3n) is 3.37. The topological polar surface area (TPSA) is 34.1 Å². The average Bonchev–Trinajstić information content (AvgIpc) is 2.87. The van der Waals surface area contributed by atoms with Gasteiger partial charge in [-0.3, -0.25) is 0 Å². The Balaban J connectivity index is 2.36. The number of ether oxygens (including phenoxy) is 1. The molecule has 0 atom stereocenters. The molecule has 2 rings (SSSR count). The molecule has 21 heavy (non-hydrogen) atoms. The number of nitrogens with one attached hydrogen (secondary N) is 1. The maximum Gasteiger partial charge on any atom is 0.129 e. The molecule has 1 aromatic heterocycles. The highest BCUT2D eigenvalue weighted by molar-refractivity contribution is 7.15. The summed E-state index contributed by atoms with van der Waals surface area (Å²) in [6, 6.07) is 6.76. The lowest BCUT2D eigenvalue weighted by Gasteiger charge is -2.07. The van der Waals surface area contributed by atoms with Crippen molar-refractivity contribution in [2.45, 2.75) is 46.7 Å². The molecule has 114 valence electrons. The van der Waals surface area contributed by atoms with Crippen molar-refractivity contribution in [3.63, 3.8) is 0 Å². The first kappa shape index (κ1) is 16.0. The monoisotopic (exact) mass is 304 g/mol. The fourth-order valence-corrected chi connectivity index (χ4v) is 3.32. The second-order valence-corrected chi connectivity index (χ2v) is 6.57. The van der Waals surface area contributed by atoms with Crippen molar-refractivity contribution in [1.82, 2.24) is 10.3 Å². The number of benzene rings is 1. The summed E-state index contributed by atoms with van der Waals surface area (Å²) in [5, 5.41) is 4.52. The minimum Gasteiger partial charge on any atom is -0.496 e. The Morgan fingerprint density at radius 2 is 2.10 bits per heavy atom. The zero-order valence-corrected chi connectivity index (χ0v) is 14.3. The van der Waals surface area contributed by atoms with Crippen LogP contribution in [-0.2, 0) is 13.0 Å². The van der Waals surface area contributed by atoms with Crippen LogP contribution < -0.4 is 10.1 Å². The Morgan fingerprint density at radius 3 is 2.71 bits per heavy atom. The minimum atomic E-state index is 0.481. The average molecular weight is 304 g/mol. The van der Waals surface area contributed by atoms with E-state index in [1.54, 1.807) is 18.4 Å². The highest BCUT2D eigenvalue weighted by Crippen LogP contribution is 2.35. The summed E-state index contributed by atoms with van der Waals surface area (Å²) in [6.45, 7) is 9.44. The first-order valence-electron chi connectivity index (χ1n) is 7.42. The summed E-state index contributed by atoms with van der Waals surface area (Å²) in [4.78, 5) is 6.14. The van der Waals surface area contributed by atoms with E-state index < -0.39 is 0 Å². The van der Waals surface area contributed by atoms with E-state index in [1.165, 1.54) is 16.1 Å². The highest BCUT2D eigenvalue weighted by atomic mass is 32.1. The number of rotatable bonds is 6. The molecule has 0 aliphatic rings. The molecule has 1 aromatic carbocycles. The highest BCUT2D eigenvalue weighted by Gasteiger charge is 2.14. The molecule has 0 saturated carbocycles. The first-order valence-corrected chi connectivity index (χ1v) is 8.23. The standard InChI is InChI=1S/C17H24N2OS/c1-6-14-16(10-18-11(2)3)21-17(19-14)13-8-7-12(4)9-15(13)20-5/h7-9,11,18H,6,10H2,1-5H3. The Labute approximate surface area is 131 Å². The molecule has 3 nitrogen and oxygen atoms in total. The van der Waals surface area contributed by atoms with Crippen LogP contribution in [0.5, 0.6) is 5.75 Å². The molecule has 0 radical (unpaired) electrons. The lowest BCUT2D eigenvalue weighted by molar-refractivity contribution is 0.416. The van der Waals surface area contributed by atoms with Crippen molar-refractivity contribution < 1.29 is 4.74 Å². The maximum atomic E-state index is 5.51. The smallest absolute Gasteiger partial charge is 0.129 e. The molecule has 0 amide bonds. The van der Waals surface area contributed by atoms with Gasteiger partial charge >= 0.3 is 0 Å². The maximum absolute atomic E-state index is 5.51. The van der Waals surface area contributed by atoms with Gasteiger partial charge in [0.2, 0.25) is 0 Å². The van der Waals surface area contributed by atoms with Gasteiger partial charge in [-0.05, 0) is 31.0 Å². The van der Waals surface area contributed by atoms with Gasteiger partial charge in [-0.25, -0.2) is 4.98 Å². The second kappa shape index (κ2) is 7.05. The van der Waals surface area contributed by atoms with E-state index in [0.29, 0.717) is 6.04 Å². The largest absolute Gasteiger partial charge is 0.496 e. The van der Waals surface area contributed by atoms with Gasteiger partial charge in [-0.1, -0.05) is 26.8 Å². The van der Waals surface area contributed by atoms with E-state index in [-0.39, 0.29) is 0 Å². The zero-order valence-electron chi connectivity index (χ0n) is 13.5. The van der Waals surface area contributed by atoms with E-state index >= 15 is 0 Å². The van der Waals surface area contributed by atoms with E-state index in [2.05, 4.69) is 51.2 Å². The summed E-state index contributed by atoms with van der Waals surface area (Å²) in [5.74, 6) is 0.898. The molecule has 0 aliphatic carbocycles. The van der Waals surface area contributed by atoms with Crippen molar-refractivity contribution in [2.24, 2.45) is 0 Å². The molecule has 0 bridgehead atoms. The molecule has 0 spiro atoms. The summed E-state index contributed by atoms with van der Waals surface area (Å²) in [7, 11) is 1.72. The Kier molecular flexibility index (Phi) is 5.37. The minimum absolute atomic E-state index is 0.481. The van der Waals surface area contributed by atoms with Crippen LogP contribution in [0.3, 0.4) is 0 Å². The van der Waals surface area contributed by atoms with E-state index in [0.717, 1.165) is 29.3 Å². The predicted molar refractivity (Wildman–Crippen MR) is 90.2 cm³/mol. The number of hydrogen-bond acceptors (Lipinski definition) is 4. The molecule has 4 heteroatoms. The zero-order chi connectivity index (χ0) is 15.4. The normalized spacial score (nSPS) is 11.1. The molecule has 0 fully saturated rings. The van der Waals surface area contributed by atoms with Crippen LogP contribution in [0.2, 0.25) is 0 Å². The van der Waals surface area contributed by atoms with Crippen molar-refractivity contribution in [1.29, 1.82) is 0 Å². The van der Waals surface area contributed by atoms with Crippen LogP contribution in [0.15, 0.2) is 18.2 Å². The van der Waals surface area contributed by atoms with Gasteiger partial charge in [0.1, 0.15) is 10.8 Å². The van der Waals surface area contributed by atoms with E-state index in [1.807, 2.05) is 0 Å². The molecule has 2 aromatic rings. The third kappa shape index (κ3) is 3.83. The molecule has 0 unspecified atom stereocenters. The lowest BCUT2D eigenvalue weighted by atomic mass is 10.1. The van der Waals surface area contributed by atoms with Crippen LogP contribution in [0.25, 0.3) is 10.6 Å². The third-order valence-corrected chi connectivity index (χ3v) is 4.50. The van der Waals surface area contributed by atoms with Gasteiger partial charge in [0.25, 0.3) is 0 Å².